The maximum absolute atomic E-state index is 13.1. The summed E-state index contributed by atoms with van der Waals surface area (Å²) in [7, 11) is 0. The maximum Gasteiger partial charge on any atom is 0.307 e. The number of aliphatic hydroxyl groups is 1. The molecule has 0 radical (unpaired) electrons. The van der Waals surface area contributed by atoms with Gasteiger partial charge in [-0.3, -0.25) is 9.59 Å². The molecule has 1 saturated heterocycles. The Kier molecular flexibility index (Phi) is 7.10. The Bertz CT molecular complexity index is 910. The van der Waals surface area contributed by atoms with Gasteiger partial charge < -0.3 is 19.8 Å². The number of hydrogen-bond acceptors (Lipinski definition) is 4. The molecule has 2 aromatic carbocycles. The predicted molar refractivity (Wildman–Crippen MR) is 112 cm³/mol. The van der Waals surface area contributed by atoms with Crippen LogP contribution in [0.1, 0.15) is 24.0 Å². The summed E-state index contributed by atoms with van der Waals surface area (Å²) in [4.78, 5) is 25.2. The zero-order chi connectivity index (χ0) is 21.7. The number of aliphatic carboxylic acids is 1. The summed E-state index contributed by atoms with van der Waals surface area (Å²) < 4.78 is 19.4. The summed E-state index contributed by atoms with van der Waals surface area (Å²) >= 11 is 3.30. The second-order valence-electron chi connectivity index (χ2n) is 7.52. The van der Waals surface area contributed by atoms with E-state index < -0.39 is 11.6 Å². The van der Waals surface area contributed by atoms with Crippen molar-refractivity contribution < 1.29 is 28.9 Å². The first kappa shape index (κ1) is 22.2. The number of piperidine rings is 1. The molecule has 0 spiro atoms. The average Bonchev–Trinajstić information content (AvgIpc) is 2.69. The van der Waals surface area contributed by atoms with Crippen LogP contribution in [0.4, 0.5) is 4.39 Å². The summed E-state index contributed by atoms with van der Waals surface area (Å²) in [5, 5.41) is 19.9. The van der Waals surface area contributed by atoms with E-state index in [4.69, 9.17) is 9.84 Å². The van der Waals surface area contributed by atoms with Gasteiger partial charge in [0, 0.05) is 29.5 Å². The van der Waals surface area contributed by atoms with Crippen molar-refractivity contribution in [3.05, 3.63) is 63.9 Å². The highest BCUT2D eigenvalue weighted by molar-refractivity contribution is 9.10. The molecule has 0 saturated carbocycles. The van der Waals surface area contributed by atoms with Crippen molar-refractivity contribution in [2.75, 3.05) is 19.7 Å². The van der Waals surface area contributed by atoms with E-state index >= 15 is 0 Å². The van der Waals surface area contributed by atoms with Crippen molar-refractivity contribution in [2.24, 2.45) is 0 Å². The highest BCUT2D eigenvalue weighted by atomic mass is 79.9. The van der Waals surface area contributed by atoms with Crippen LogP contribution < -0.4 is 4.74 Å². The van der Waals surface area contributed by atoms with E-state index in [1.165, 1.54) is 12.1 Å². The third-order valence-electron chi connectivity index (χ3n) is 5.21. The Morgan fingerprint density at radius 3 is 2.43 bits per heavy atom. The number of halogens is 2. The average molecular weight is 480 g/mol. The summed E-state index contributed by atoms with van der Waals surface area (Å²) in [5.41, 5.74) is 0.399. The lowest BCUT2D eigenvalue weighted by Gasteiger charge is -2.38. The number of carbonyl (C=O) groups is 2. The quantitative estimate of drug-likeness (QED) is 0.636. The van der Waals surface area contributed by atoms with Crippen molar-refractivity contribution in [3.63, 3.8) is 0 Å². The van der Waals surface area contributed by atoms with Gasteiger partial charge in [0.05, 0.1) is 12.0 Å². The molecule has 1 aliphatic rings. The normalized spacial score (nSPS) is 15.6. The summed E-state index contributed by atoms with van der Waals surface area (Å²) in [6.07, 6.45) is 1.03. The first-order valence-corrected chi connectivity index (χ1v) is 10.4. The number of hydrogen-bond donors (Lipinski definition) is 2. The molecular weight excluding hydrogens is 457 g/mol. The fraction of sp³-hybridized carbons (Fsp3) is 0.364. The van der Waals surface area contributed by atoms with Crippen molar-refractivity contribution in [3.8, 4) is 5.75 Å². The standard InChI is InChI=1S/C22H23BrFNO5/c23-17-3-6-19(16(11-17)12-21(27)28)30-14-20(26)25-9-7-22(29,8-10-25)13-15-1-4-18(24)5-2-15/h1-6,11,29H,7-10,12-14H2,(H,27,28). The molecule has 2 N–H and O–H groups in total. The highest BCUT2D eigenvalue weighted by Gasteiger charge is 2.34. The molecule has 3 rings (SSSR count). The van der Waals surface area contributed by atoms with E-state index in [9.17, 15) is 19.1 Å². The van der Waals surface area contributed by atoms with Crippen molar-refractivity contribution in [1.82, 2.24) is 4.90 Å². The molecule has 30 heavy (non-hydrogen) atoms. The molecule has 8 heteroatoms. The molecule has 6 nitrogen and oxygen atoms in total. The zero-order valence-electron chi connectivity index (χ0n) is 16.3. The third kappa shape index (κ3) is 6.03. The van der Waals surface area contributed by atoms with E-state index in [0.29, 0.717) is 43.7 Å². The van der Waals surface area contributed by atoms with Crippen molar-refractivity contribution in [2.45, 2.75) is 31.3 Å². The fourth-order valence-corrected chi connectivity index (χ4v) is 3.96. The van der Waals surface area contributed by atoms with Crippen LogP contribution in [0.25, 0.3) is 0 Å². The Hall–Kier alpha value is -2.45. The van der Waals surface area contributed by atoms with E-state index in [0.717, 1.165) is 10.0 Å². The van der Waals surface area contributed by atoms with Gasteiger partial charge in [-0.25, -0.2) is 4.39 Å². The van der Waals surface area contributed by atoms with Gasteiger partial charge in [-0.1, -0.05) is 28.1 Å². The molecular formula is C22H23BrFNO5. The number of likely N-dealkylation sites (tertiary alicyclic amines) is 1. The number of ether oxygens (including phenoxy) is 1. The summed E-state index contributed by atoms with van der Waals surface area (Å²) in [6.45, 7) is 0.578. The number of amides is 1. The minimum absolute atomic E-state index is 0.204. The van der Waals surface area contributed by atoms with Gasteiger partial charge in [-0.05, 0) is 48.7 Å². The zero-order valence-corrected chi connectivity index (χ0v) is 17.9. The van der Waals surface area contributed by atoms with Crippen LogP contribution >= 0.6 is 15.9 Å². The second-order valence-corrected chi connectivity index (χ2v) is 8.44. The summed E-state index contributed by atoms with van der Waals surface area (Å²) in [6, 6.07) is 11.1. The van der Waals surface area contributed by atoms with Gasteiger partial charge >= 0.3 is 5.97 Å². The Morgan fingerprint density at radius 1 is 1.13 bits per heavy atom. The van der Waals surface area contributed by atoms with Crippen LogP contribution in [0.15, 0.2) is 46.9 Å². The largest absolute Gasteiger partial charge is 0.483 e. The molecule has 0 aliphatic carbocycles. The van der Waals surface area contributed by atoms with Gasteiger partial charge in [-0.15, -0.1) is 0 Å². The Labute approximate surface area is 182 Å². The highest BCUT2D eigenvalue weighted by Crippen LogP contribution is 2.27. The van der Waals surface area contributed by atoms with Gasteiger partial charge in [-0.2, -0.15) is 0 Å². The van der Waals surface area contributed by atoms with E-state index in [1.807, 2.05) is 0 Å². The lowest BCUT2D eigenvalue weighted by Crippen LogP contribution is -2.48. The topological polar surface area (TPSA) is 87.1 Å². The van der Waals surface area contributed by atoms with Gasteiger partial charge in [0.2, 0.25) is 0 Å². The monoisotopic (exact) mass is 479 g/mol. The van der Waals surface area contributed by atoms with Crippen LogP contribution in [-0.4, -0.2) is 52.3 Å². The molecule has 0 unspecified atom stereocenters. The Morgan fingerprint density at radius 2 is 1.80 bits per heavy atom. The molecule has 1 aliphatic heterocycles. The molecule has 0 atom stereocenters. The number of rotatable bonds is 7. The van der Waals surface area contributed by atoms with Gasteiger partial charge in [0.1, 0.15) is 11.6 Å². The number of carboxylic acids is 1. The number of carbonyl (C=O) groups excluding carboxylic acids is 1. The SMILES string of the molecule is O=C(O)Cc1cc(Br)ccc1OCC(=O)N1CCC(O)(Cc2ccc(F)cc2)CC1. The predicted octanol–water partition coefficient (Wildman–Crippen LogP) is 3.19. The second kappa shape index (κ2) is 9.57. The lowest BCUT2D eigenvalue weighted by molar-refractivity contribution is -0.137. The third-order valence-corrected chi connectivity index (χ3v) is 5.70. The van der Waals surface area contributed by atoms with Crippen LogP contribution in [0.3, 0.4) is 0 Å². The Balaban J connectivity index is 1.53. The van der Waals surface area contributed by atoms with Crippen LogP contribution in [0, 0.1) is 5.82 Å². The van der Waals surface area contributed by atoms with E-state index in [1.54, 1.807) is 35.2 Å². The van der Waals surface area contributed by atoms with Crippen molar-refractivity contribution >= 4 is 27.8 Å². The number of benzene rings is 2. The molecule has 160 valence electrons. The smallest absolute Gasteiger partial charge is 0.307 e. The van der Waals surface area contributed by atoms with Crippen LogP contribution in [-0.2, 0) is 22.4 Å². The fourth-order valence-electron chi connectivity index (χ4n) is 3.55. The molecule has 0 aromatic heterocycles. The van der Waals surface area contributed by atoms with Crippen LogP contribution in [0.5, 0.6) is 5.75 Å². The molecule has 1 heterocycles. The molecule has 1 fully saturated rings. The van der Waals surface area contributed by atoms with E-state index in [-0.39, 0.29) is 24.8 Å². The lowest BCUT2D eigenvalue weighted by atomic mass is 9.85. The maximum atomic E-state index is 13.1. The molecule has 2 aromatic rings. The van der Waals surface area contributed by atoms with Crippen molar-refractivity contribution in [1.29, 1.82) is 0 Å². The first-order valence-electron chi connectivity index (χ1n) is 9.62. The minimum atomic E-state index is -0.985. The summed E-state index contributed by atoms with van der Waals surface area (Å²) in [5.74, 6) is -1.16. The van der Waals surface area contributed by atoms with E-state index in [2.05, 4.69) is 15.9 Å². The number of nitrogens with zero attached hydrogens (tertiary/aromatic N) is 1. The molecule has 1 amide bonds. The van der Waals surface area contributed by atoms with Crippen LogP contribution in [0.2, 0.25) is 0 Å². The minimum Gasteiger partial charge on any atom is -0.483 e. The number of carboxylic acid groups (broad SMARTS) is 1. The molecule has 0 bridgehead atoms. The first-order chi connectivity index (χ1) is 14.2. The van der Waals surface area contributed by atoms with Gasteiger partial charge in [0.25, 0.3) is 5.91 Å². The van der Waals surface area contributed by atoms with Gasteiger partial charge in [0.15, 0.2) is 6.61 Å².